The van der Waals surface area contributed by atoms with Crippen LogP contribution in [-0.2, 0) is 0 Å². The molecule has 0 amide bonds. The van der Waals surface area contributed by atoms with Gasteiger partial charge in [0.1, 0.15) is 0 Å². The van der Waals surface area contributed by atoms with Gasteiger partial charge in [0.15, 0.2) is 11.0 Å². The van der Waals surface area contributed by atoms with Crippen LogP contribution in [0.3, 0.4) is 0 Å². The second kappa shape index (κ2) is 4.44. The molecule has 0 aromatic carbocycles. The highest BCUT2D eigenvalue weighted by molar-refractivity contribution is 8.77. The summed E-state index contributed by atoms with van der Waals surface area (Å²) < 4.78 is 23.7. The maximum absolute atomic E-state index is 11.8. The van der Waals surface area contributed by atoms with Gasteiger partial charge in [0.05, 0.1) is 0 Å². The largest absolute Gasteiger partial charge is 0.235 e. The summed E-state index contributed by atoms with van der Waals surface area (Å²) in [6.07, 6.45) is 0. The number of hydrogen-bond acceptors (Lipinski definition) is 2. The first-order valence-electron chi connectivity index (χ1n) is 2.23. The topological polar surface area (TPSA) is 0 Å². The highest BCUT2D eigenvalue weighted by Crippen LogP contribution is 2.31. The van der Waals surface area contributed by atoms with E-state index in [1.54, 1.807) is 0 Å². The number of alkyl halides is 2. The molecule has 0 aromatic rings. The van der Waals surface area contributed by atoms with Crippen LogP contribution in [-0.4, -0.2) is 11.0 Å². The molecule has 0 nitrogen and oxygen atoms in total. The Morgan fingerprint density at radius 2 is 1.25 bits per heavy atom. The molecule has 2 unspecified atom stereocenters. The van der Waals surface area contributed by atoms with Gasteiger partial charge >= 0.3 is 0 Å². The Balaban J connectivity index is 2.93. The summed E-state index contributed by atoms with van der Waals surface area (Å²) in [6.45, 7) is 2.78. The van der Waals surface area contributed by atoms with Gasteiger partial charge in [0.2, 0.25) is 0 Å². The van der Waals surface area contributed by atoms with Crippen molar-refractivity contribution >= 4 is 21.6 Å². The molecule has 0 rings (SSSR count). The predicted molar refractivity (Wildman–Crippen MR) is 36.3 cm³/mol. The summed E-state index contributed by atoms with van der Waals surface area (Å²) in [5.41, 5.74) is -1.95. The van der Waals surface area contributed by atoms with Crippen LogP contribution in [0.1, 0.15) is 13.8 Å². The van der Waals surface area contributed by atoms with Crippen molar-refractivity contribution in [1.29, 1.82) is 0 Å². The van der Waals surface area contributed by atoms with Gasteiger partial charge in [-0.1, -0.05) is 21.6 Å². The van der Waals surface area contributed by atoms with Gasteiger partial charge in [-0.15, -0.1) is 0 Å². The monoisotopic (exact) mass is 158 g/mol. The molecule has 2 atom stereocenters. The first-order valence-corrected chi connectivity index (χ1v) is 4.51. The lowest BCUT2D eigenvalue weighted by Gasteiger charge is -1.99. The van der Waals surface area contributed by atoms with Crippen molar-refractivity contribution in [2.45, 2.75) is 24.9 Å². The van der Waals surface area contributed by atoms with E-state index in [2.05, 4.69) is 0 Å². The predicted octanol–water partition coefficient (Wildman–Crippen LogP) is 3.00. The summed E-state index contributed by atoms with van der Waals surface area (Å²) in [5, 5.41) is 0. The SMILES string of the molecule is CC(F)SSC(C)F. The Labute approximate surface area is 55.8 Å². The summed E-state index contributed by atoms with van der Waals surface area (Å²) in [4.78, 5) is 0. The van der Waals surface area contributed by atoms with Crippen molar-refractivity contribution in [2.24, 2.45) is 0 Å². The van der Waals surface area contributed by atoms with Crippen LogP contribution >= 0.6 is 21.6 Å². The van der Waals surface area contributed by atoms with Crippen LogP contribution in [0.25, 0.3) is 0 Å². The zero-order chi connectivity index (χ0) is 6.57. The van der Waals surface area contributed by atoms with Gasteiger partial charge in [-0.25, -0.2) is 8.78 Å². The Kier molecular flexibility index (Phi) is 4.75. The minimum Gasteiger partial charge on any atom is -0.235 e. The quantitative estimate of drug-likeness (QED) is 0.579. The molecular weight excluding hydrogens is 150 g/mol. The van der Waals surface area contributed by atoms with Crippen LogP contribution in [0.15, 0.2) is 0 Å². The lowest BCUT2D eigenvalue weighted by molar-refractivity contribution is 0.480. The number of halogens is 2. The molecule has 0 N–H and O–H groups in total. The van der Waals surface area contributed by atoms with E-state index in [0.29, 0.717) is 0 Å². The van der Waals surface area contributed by atoms with E-state index in [9.17, 15) is 8.78 Å². The fourth-order valence-corrected chi connectivity index (χ4v) is 1.38. The van der Waals surface area contributed by atoms with Gasteiger partial charge in [0, 0.05) is 0 Å². The zero-order valence-electron chi connectivity index (χ0n) is 4.73. The maximum atomic E-state index is 11.8. The smallest absolute Gasteiger partial charge is 0.153 e. The van der Waals surface area contributed by atoms with Crippen LogP contribution < -0.4 is 0 Å². The van der Waals surface area contributed by atoms with Crippen LogP contribution in [0.5, 0.6) is 0 Å². The van der Waals surface area contributed by atoms with Gasteiger partial charge in [-0.05, 0) is 13.8 Å². The molecule has 0 spiro atoms. The van der Waals surface area contributed by atoms with E-state index < -0.39 is 11.0 Å². The Morgan fingerprint density at radius 3 is 1.38 bits per heavy atom. The van der Waals surface area contributed by atoms with Crippen molar-refractivity contribution < 1.29 is 8.78 Å². The van der Waals surface area contributed by atoms with Crippen LogP contribution in [0.2, 0.25) is 0 Å². The van der Waals surface area contributed by atoms with Crippen LogP contribution in [0, 0.1) is 0 Å². The molecule has 4 heteroatoms. The van der Waals surface area contributed by atoms with E-state index in [1.165, 1.54) is 13.8 Å². The summed E-state index contributed by atoms with van der Waals surface area (Å²) in [7, 11) is 1.83. The second-order valence-corrected chi connectivity index (χ2v) is 4.12. The lowest BCUT2D eigenvalue weighted by atomic mass is 10.9. The van der Waals surface area contributed by atoms with E-state index in [1.807, 2.05) is 0 Å². The number of hydrogen-bond donors (Lipinski definition) is 0. The van der Waals surface area contributed by atoms with Gasteiger partial charge in [-0.3, -0.25) is 0 Å². The molecule has 0 aliphatic carbocycles. The summed E-state index contributed by atoms with van der Waals surface area (Å²) in [5.74, 6) is 0. The van der Waals surface area contributed by atoms with Gasteiger partial charge in [0.25, 0.3) is 0 Å². The average Bonchev–Trinajstić information content (AvgIpc) is 1.61. The van der Waals surface area contributed by atoms with Crippen molar-refractivity contribution in [2.75, 3.05) is 0 Å². The molecule has 0 aromatic heterocycles. The van der Waals surface area contributed by atoms with Crippen molar-refractivity contribution in [3.63, 3.8) is 0 Å². The number of rotatable bonds is 3. The molecular formula is C4H8F2S2. The van der Waals surface area contributed by atoms with E-state index in [-0.39, 0.29) is 0 Å². The molecule has 0 saturated carbocycles. The molecule has 0 aliphatic rings. The first kappa shape index (κ1) is 8.56. The Hall–Kier alpha value is 0.560. The van der Waals surface area contributed by atoms with E-state index in [4.69, 9.17) is 0 Å². The Bertz CT molecular complexity index is 48.0. The molecule has 0 aliphatic heterocycles. The fraction of sp³-hybridized carbons (Fsp3) is 1.00. The summed E-state index contributed by atoms with van der Waals surface area (Å²) in [6, 6.07) is 0. The van der Waals surface area contributed by atoms with Gasteiger partial charge < -0.3 is 0 Å². The lowest BCUT2D eigenvalue weighted by Crippen LogP contribution is -1.83. The highest BCUT2D eigenvalue weighted by atomic mass is 33.1. The first-order chi connectivity index (χ1) is 3.63. The molecule has 8 heavy (non-hydrogen) atoms. The standard InChI is InChI=1S/C4H8F2S2/c1-3(5)7-8-4(2)6/h3-4H,1-2H3. The molecule has 0 bridgehead atoms. The molecule has 0 radical (unpaired) electrons. The third-order valence-corrected chi connectivity index (χ3v) is 2.89. The average molecular weight is 158 g/mol. The highest BCUT2D eigenvalue weighted by Gasteiger charge is 2.02. The van der Waals surface area contributed by atoms with Gasteiger partial charge in [-0.2, -0.15) is 0 Å². The van der Waals surface area contributed by atoms with E-state index >= 15 is 0 Å². The Morgan fingerprint density at radius 1 is 1.00 bits per heavy atom. The van der Waals surface area contributed by atoms with E-state index in [0.717, 1.165) is 21.6 Å². The zero-order valence-corrected chi connectivity index (χ0v) is 6.36. The second-order valence-electron chi connectivity index (χ2n) is 1.28. The van der Waals surface area contributed by atoms with Crippen molar-refractivity contribution in [3.8, 4) is 0 Å². The van der Waals surface area contributed by atoms with Crippen LogP contribution in [0.4, 0.5) is 8.78 Å². The summed E-state index contributed by atoms with van der Waals surface area (Å²) >= 11 is 0. The normalized spacial score (nSPS) is 18.0. The minimum atomic E-state index is -0.974. The minimum absolute atomic E-state index is 0.914. The molecule has 50 valence electrons. The third-order valence-electron chi connectivity index (χ3n) is 0.321. The van der Waals surface area contributed by atoms with Crippen molar-refractivity contribution in [1.82, 2.24) is 0 Å². The third kappa shape index (κ3) is 6.56. The van der Waals surface area contributed by atoms with Crippen molar-refractivity contribution in [3.05, 3.63) is 0 Å². The fourth-order valence-electron chi connectivity index (χ4n) is 0.153. The maximum Gasteiger partial charge on any atom is 0.153 e. The molecule has 0 heterocycles. The molecule has 0 fully saturated rings. The molecule has 0 saturated heterocycles.